The molecule has 0 aliphatic rings. The van der Waals surface area contributed by atoms with Crippen molar-refractivity contribution in [2.24, 2.45) is 0 Å². The molecule has 0 aliphatic heterocycles. The van der Waals surface area contributed by atoms with Gasteiger partial charge in [0, 0.05) is 5.56 Å². The Hall–Kier alpha value is -3.20. The molecular weight excluding hydrogens is 330 g/mol. The minimum absolute atomic E-state index is 0.952. The summed E-state index contributed by atoms with van der Waals surface area (Å²) in [6.45, 7) is 8.50. The average Bonchev–Trinajstić information content (AvgIpc) is 3.03. The predicted molar refractivity (Wildman–Crippen MR) is 111 cm³/mol. The largest absolute Gasteiger partial charge is 0.217 e. The molecule has 0 amide bonds. The summed E-state index contributed by atoms with van der Waals surface area (Å²) in [6.07, 6.45) is 0. The van der Waals surface area contributed by atoms with Crippen molar-refractivity contribution in [2.75, 3.05) is 0 Å². The van der Waals surface area contributed by atoms with E-state index >= 15 is 0 Å². The summed E-state index contributed by atoms with van der Waals surface area (Å²) < 4.78 is 1.94. The molecule has 134 valence electrons. The Morgan fingerprint density at radius 2 is 1.30 bits per heavy atom. The van der Waals surface area contributed by atoms with Gasteiger partial charge in [-0.2, -0.15) is 0 Å². The number of aryl methyl sites for hydroxylation is 3. The fourth-order valence-electron chi connectivity index (χ4n) is 3.72. The Kier molecular flexibility index (Phi) is 4.36. The summed E-state index contributed by atoms with van der Waals surface area (Å²) in [7, 11) is 0. The standard InChI is InChI=1S/C24H23N3/c1-16-10-8-9-13-22(16)27-19(4)24(25-26-27)23-17(2)14-21(15-18(23)3)20-11-6-5-7-12-20/h5-15H,1-4H3. The van der Waals surface area contributed by atoms with Gasteiger partial charge in [0.15, 0.2) is 0 Å². The number of rotatable bonds is 3. The second kappa shape index (κ2) is 6.84. The molecule has 0 atom stereocenters. The monoisotopic (exact) mass is 353 g/mol. The summed E-state index contributed by atoms with van der Waals surface area (Å²) in [5.41, 5.74) is 10.3. The van der Waals surface area contributed by atoms with Crippen molar-refractivity contribution in [3.8, 4) is 28.1 Å². The molecule has 0 radical (unpaired) electrons. The first kappa shape index (κ1) is 17.2. The van der Waals surface area contributed by atoms with Gasteiger partial charge in [0.2, 0.25) is 0 Å². The highest BCUT2D eigenvalue weighted by molar-refractivity contribution is 5.76. The predicted octanol–water partition coefficient (Wildman–Crippen LogP) is 5.83. The quantitative estimate of drug-likeness (QED) is 0.463. The number of hydrogen-bond acceptors (Lipinski definition) is 2. The second-order valence-electron chi connectivity index (χ2n) is 7.07. The lowest BCUT2D eigenvalue weighted by molar-refractivity contribution is 0.781. The number of para-hydroxylation sites is 1. The molecule has 3 heteroatoms. The number of nitrogens with zero attached hydrogens (tertiary/aromatic N) is 3. The summed E-state index contributed by atoms with van der Waals surface area (Å²) in [5, 5.41) is 8.99. The maximum Gasteiger partial charge on any atom is 0.116 e. The molecule has 0 bridgehead atoms. The van der Waals surface area contributed by atoms with Crippen LogP contribution < -0.4 is 0 Å². The van der Waals surface area contributed by atoms with Crippen molar-refractivity contribution in [3.05, 3.63) is 89.1 Å². The molecule has 0 saturated heterocycles. The Balaban J connectivity index is 1.82. The van der Waals surface area contributed by atoms with Crippen molar-refractivity contribution < 1.29 is 0 Å². The van der Waals surface area contributed by atoms with Crippen molar-refractivity contribution >= 4 is 0 Å². The van der Waals surface area contributed by atoms with Crippen molar-refractivity contribution in [1.82, 2.24) is 15.0 Å². The van der Waals surface area contributed by atoms with Gasteiger partial charge in [-0.15, -0.1) is 5.10 Å². The Morgan fingerprint density at radius 3 is 1.96 bits per heavy atom. The maximum atomic E-state index is 4.54. The molecule has 0 saturated carbocycles. The van der Waals surface area contributed by atoms with Crippen LogP contribution in [0.5, 0.6) is 0 Å². The van der Waals surface area contributed by atoms with Gasteiger partial charge in [-0.3, -0.25) is 0 Å². The van der Waals surface area contributed by atoms with Gasteiger partial charge in [-0.05, 0) is 61.6 Å². The summed E-state index contributed by atoms with van der Waals surface area (Å²) in [5.74, 6) is 0. The van der Waals surface area contributed by atoms with Crippen LogP contribution in [0.25, 0.3) is 28.1 Å². The van der Waals surface area contributed by atoms with Crippen LogP contribution in [0.3, 0.4) is 0 Å². The molecule has 3 aromatic carbocycles. The van der Waals surface area contributed by atoms with Crippen LogP contribution in [0.4, 0.5) is 0 Å². The third-order valence-corrected chi connectivity index (χ3v) is 5.11. The van der Waals surface area contributed by atoms with Crippen molar-refractivity contribution in [3.63, 3.8) is 0 Å². The molecule has 0 unspecified atom stereocenters. The molecule has 0 N–H and O–H groups in total. The van der Waals surface area contributed by atoms with Crippen LogP contribution in [0.2, 0.25) is 0 Å². The van der Waals surface area contributed by atoms with Crippen LogP contribution in [0.15, 0.2) is 66.7 Å². The lowest BCUT2D eigenvalue weighted by atomic mass is 9.93. The number of hydrogen-bond donors (Lipinski definition) is 0. The van der Waals surface area contributed by atoms with Crippen molar-refractivity contribution in [1.29, 1.82) is 0 Å². The molecule has 0 aliphatic carbocycles. The van der Waals surface area contributed by atoms with E-state index in [0.717, 1.165) is 17.1 Å². The highest BCUT2D eigenvalue weighted by Gasteiger charge is 2.17. The zero-order chi connectivity index (χ0) is 19.0. The average molecular weight is 353 g/mol. The van der Waals surface area contributed by atoms with Gasteiger partial charge in [0.25, 0.3) is 0 Å². The molecule has 0 fully saturated rings. The third kappa shape index (κ3) is 3.06. The normalized spacial score (nSPS) is 11.0. The zero-order valence-corrected chi connectivity index (χ0v) is 16.2. The summed E-state index contributed by atoms with van der Waals surface area (Å²) in [6, 6.07) is 23.2. The summed E-state index contributed by atoms with van der Waals surface area (Å²) >= 11 is 0. The first-order valence-corrected chi connectivity index (χ1v) is 9.21. The van der Waals surface area contributed by atoms with Gasteiger partial charge in [-0.1, -0.05) is 65.9 Å². The van der Waals surface area contributed by atoms with E-state index in [1.165, 1.54) is 33.4 Å². The molecule has 4 aromatic rings. The topological polar surface area (TPSA) is 30.7 Å². The van der Waals surface area contributed by atoms with E-state index in [2.05, 4.69) is 86.5 Å². The van der Waals surface area contributed by atoms with Crippen LogP contribution >= 0.6 is 0 Å². The molecule has 1 aromatic heterocycles. The summed E-state index contributed by atoms with van der Waals surface area (Å²) in [4.78, 5) is 0. The lowest BCUT2D eigenvalue weighted by Crippen LogP contribution is -2.01. The van der Waals surface area contributed by atoms with Gasteiger partial charge >= 0.3 is 0 Å². The minimum Gasteiger partial charge on any atom is -0.217 e. The van der Waals surface area contributed by atoms with E-state index in [0.29, 0.717) is 0 Å². The number of aromatic nitrogens is 3. The first-order chi connectivity index (χ1) is 13.1. The molecule has 4 rings (SSSR count). The van der Waals surface area contributed by atoms with Crippen LogP contribution in [0, 0.1) is 27.7 Å². The number of benzene rings is 3. The van der Waals surface area contributed by atoms with Gasteiger partial charge in [0.05, 0.1) is 11.4 Å². The highest BCUT2D eigenvalue weighted by Crippen LogP contribution is 2.33. The van der Waals surface area contributed by atoms with Gasteiger partial charge in [0.1, 0.15) is 5.69 Å². The lowest BCUT2D eigenvalue weighted by Gasteiger charge is -2.12. The van der Waals surface area contributed by atoms with E-state index < -0.39 is 0 Å². The Labute approximate surface area is 160 Å². The van der Waals surface area contributed by atoms with Crippen LogP contribution in [-0.2, 0) is 0 Å². The van der Waals surface area contributed by atoms with E-state index in [1.54, 1.807) is 0 Å². The van der Waals surface area contributed by atoms with E-state index in [-0.39, 0.29) is 0 Å². The smallest absolute Gasteiger partial charge is 0.116 e. The second-order valence-corrected chi connectivity index (χ2v) is 7.07. The molecule has 0 spiro atoms. The Bertz CT molecular complexity index is 1080. The van der Waals surface area contributed by atoms with E-state index in [4.69, 9.17) is 0 Å². The fraction of sp³-hybridized carbons (Fsp3) is 0.167. The fourth-order valence-corrected chi connectivity index (χ4v) is 3.72. The van der Waals surface area contributed by atoms with Crippen LogP contribution in [0.1, 0.15) is 22.4 Å². The minimum atomic E-state index is 0.952. The van der Waals surface area contributed by atoms with Crippen molar-refractivity contribution in [2.45, 2.75) is 27.7 Å². The molecular formula is C24H23N3. The van der Waals surface area contributed by atoms with E-state index in [1.807, 2.05) is 22.9 Å². The third-order valence-electron chi connectivity index (χ3n) is 5.11. The molecule has 1 heterocycles. The van der Waals surface area contributed by atoms with E-state index in [9.17, 15) is 0 Å². The van der Waals surface area contributed by atoms with Gasteiger partial charge in [-0.25, -0.2) is 4.68 Å². The van der Waals surface area contributed by atoms with Gasteiger partial charge < -0.3 is 0 Å². The first-order valence-electron chi connectivity index (χ1n) is 9.21. The van der Waals surface area contributed by atoms with Crippen LogP contribution in [-0.4, -0.2) is 15.0 Å². The molecule has 27 heavy (non-hydrogen) atoms. The maximum absolute atomic E-state index is 4.54. The SMILES string of the molecule is Cc1ccccc1-n1nnc(-c2c(C)cc(-c3ccccc3)cc2C)c1C. The highest BCUT2D eigenvalue weighted by atomic mass is 15.4. The zero-order valence-electron chi connectivity index (χ0n) is 16.2. The Morgan fingerprint density at radius 1 is 0.667 bits per heavy atom. The molecule has 3 nitrogen and oxygen atoms in total.